The molecule has 0 radical (unpaired) electrons. The molecule has 1 N–H and O–H groups in total. The van der Waals surface area contributed by atoms with Crippen LogP contribution in [-0.2, 0) is 37.1 Å². The number of hydrogen-bond acceptors (Lipinski definition) is 7. The lowest BCUT2D eigenvalue weighted by atomic mass is 10.1. The summed E-state index contributed by atoms with van der Waals surface area (Å²) in [5.74, 6) is -0.436. The molecule has 1 amide bonds. The van der Waals surface area contributed by atoms with Gasteiger partial charge in [0.25, 0.3) is 0 Å². The molecule has 188 valence electrons. The second-order valence-electron chi connectivity index (χ2n) is 8.15. The van der Waals surface area contributed by atoms with Gasteiger partial charge in [0, 0.05) is 6.42 Å². The molecule has 0 saturated carbocycles. The normalized spacial score (nSPS) is 11.1. The maximum Gasteiger partial charge on any atom is 0.325 e. The summed E-state index contributed by atoms with van der Waals surface area (Å²) < 4.78 is 32.8. The van der Waals surface area contributed by atoms with Crippen LogP contribution in [0.25, 0.3) is 11.0 Å². The largest absolute Gasteiger partial charge is 0.465 e. The number of hydrogen-bond donors (Lipinski definition) is 1. The third kappa shape index (κ3) is 5.85. The van der Waals surface area contributed by atoms with Crippen LogP contribution in [0.5, 0.6) is 0 Å². The minimum absolute atomic E-state index is 0.0903. The molecular weight excluding hydrogens is 492 g/mol. The predicted molar refractivity (Wildman–Crippen MR) is 135 cm³/mol. The molecule has 10 heteroatoms. The molecule has 9 nitrogen and oxygen atoms in total. The molecule has 4 aromatic rings. The number of nitrogens with one attached hydrogen (secondary N) is 1. The van der Waals surface area contributed by atoms with Crippen LogP contribution in [0, 0.1) is 11.3 Å². The number of nitrogens with zero attached hydrogens (tertiary/aromatic N) is 3. The van der Waals surface area contributed by atoms with Crippen LogP contribution < -0.4 is 5.32 Å². The van der Waals surface area contributed by atoms with Crippen LogP contribution in [0.2, 0.25) is 0 Å². The number of rotatable bonds is 9. The van der Waals surface area contributed by atoms with Crippen molar-refractivity contribution in [1.82, 2.24) is 14.9 Å². The van der Waals surface area contributed by atoms with Crippen molar-refractivity contribution in [3.05, 3.63) is 89.7 Å². The lowest BCUT2D eigenvalue weighted by Gasteiger charge is -2.10. The van der Waals surface area contributed by atoms with Crippen LogP contribution in [0.3, 0.4) is 0 Å². The fourth-order valence-electron chi connectivity index (χ4n) is 3.84. The van der Waals surface area contributed by atoms with Crippen molar-refractivity contribution in [2.75, 3.05) is 13.2 Å². The lowest BCUT2D eigenvalue weighted by molar-refractivity contribution is -0.143. The molecule has 37 heavy (non-hydrogen) atoms. The highest BCUT2D eigenvalue weighted by molar-refractivity contribution is 7.91. The van der Waals surface area contributed by atoms with Crippen LogP contribution in [0.4, 0.5) is 0 Å². The van der Waals surface area contributed by atoms with E-state index >= 15 is 0 Å². The van der Waals surface area contributed by atoms with Crippen molar-refractivity contribution in [3.8, 4) is 6.07 Å². The maximum atomic E-state index is 13.1. The monoisotopic (exact) mass is 516 g/mol. The van der Waals surface area contributed by atoms with Crippen molar-refractivity contribution >= 4 is 32.7 Å². The van der Waals surface area contributed by atoms with E-state index in [4.69, 9.17) is 10.00 Å². The van der Waals surface area contributed by atoms with Crippen LogP contribution in [-0.4, -0.2) is 43.0 Å². The fraction of sp³-hybridized carbons (Fsp3) is 0.185. The van der Waals surface area contributed by atoms with Gasteiger partial charge in [-0.1, -0.05) is 30.3 Å². The van der Waals surface area contributed by atoms with E-state index in [1.807, 2.05) is 0 Å². The van der Waals surface area contributed by atoms with Crippen molar-refractivity contribution < 1.29 is 22.7 Å². The number of nitriles is 1. The molecule has 0 unspecified atom stereocenters. The van der Waals surface area contributed by atoms with Gasteiger partial charge in [0.15, 0.2) is 0 Å². The summed E-state index contributed by atoms with van der Waals surface area (Å²) in [5.41, 5.74) is 2.37. The molecule has 0 saturated heterocycles. The van der Waals surface area contributed by atoms with Crippen molar-refractivity contribution in [1.29, 1.82) is 5.26 Å². The predicted octanol–water partition coefficient (Wildman–Crippen LogP) is 3.01. The van der Waals surface area contributed by atoms with Crippen molar-refractivity contribution in [2.45, 2.75) is 29.7 Å². The zero-order valence-electron chi connectivity index (χ0n) is 20.0. The van der Waals surface area contributed by atoms with Gasteiger partial charge in [-0.3, -0.25) is 9.59 Å². The molecule has 0 bridgehead atoms. The number of fused-ring (bicyclic) bond motifs is 1. The molecule has 0 aliphatic heterocycles. The van der Waals surface area contributed by atoms with Crippen LogP contribution in [0.15, 0.2) is 82.6 Å². The number of carbonyl (C=O) groups excluding carboxylic acids is 2. The Morgan fingerprint density at radius 1 is 1.03 bits per heavy atom. The average molecular weight is 517 g/mol. The van der Waals surface area contributed by atoms with E-state index in [0.29, 0.717) is 28.8 Å². The van der Waals surface area contributed by atoms with E-state index in [9.17, 15) is 18.0 Å². The Morgan fingerprint density at radius 3 is 2.43 bits per heavy atom. The highest BCUT2D eigenvalue weighted by Crippen LogP contribution is 2.26. The van der Waals surface area contributed by atoms with Crippen molar-refractivity contribution in [2.24, 2.45) is 0 Å². The number of ether oxygens (including phenoxy) is 1. The molecule has 0 aliphatic rings. The summed E-state index contributed by atoms with van der Waals surface area (Å²) in [4.78, 5) is 29.2. The average Bonchev–Trinajstić information content (AvgIpc) is 3.24. The van der Waals surface area contributed by atoms with E-state index < -0.39 is 21.7 Å². The van der Waals surface area contributed by atoms with E-state index in [-0.39, 0.29) is 29.5 Å². The first-order valence-electron chi connectivity index (χ1n) is 11.5. The summed E-state index contributed by atoms with van der Waals surface area (Å²) in [6, 6.07) is 21.8. The number of benzene rings is 3. The minimum Gasteiger partial charge on any atom is -0.465 e. The highest BCUT2D eigenvalue weighted by atomic mass is 32.2. The van der Waals surface area contributed by atoms with E-state index in [2.05, 4.69) is 16.4 Å². The summed E-state index contributed by atoms with van der Waals surface area (Å²) in [6.45, 7) is 1.50. The number of imidazole rings is 1. The minimum atomic E-state index is -3.76. The zero-order chi connectivity index (χ0) is 26.4. The lowest BCUT2D eigenvalue weighted by Crippen LogP contribution is -2.33. The third-order valence-corrected chi connectivity index (χ3v) is 7.41. The summed E-state index contributed by atoms with van der Waals surface area (Å²) >= 11 is 0. The number of carbonyl (C=O) groups is 2. The Bertz CT molecular complexity index is 1590. The van der Waals surface area contributed by atoms with E-state index in [0.717, 1.165) is 5.56 Å². The Morgan fingerprint density at radius 2 is 1.76 bits per heavy atom. The van der Waals surface area contributed by atoms with E-state index in [1.165, 1.54) is 24.3 Å². The summed E-state index contributed by atoms with van der Waals surface area (Å²) in [5, 5.41) is 11.6. The van der Waals surface area contributed by atoms with Gasteiger partial charge >= 0.3 is 5.97 Å². The van der Waals surface area contributed by atoms with Gasteiger partial charge in [-0.05, 0) is 55.0 Å². The van der Waals surface area contributed by atoms with Crippen LogP contribution >= 0.6 is 0 Å². The second kappa shape index (κ2) is 11.1. The highest BCUT2D eigenvalue weighted by Gasteiger charge is 2.21. The molecule has 0 atom stereocenters. The SMILES string of the molecule is CCOC(=O)CNC(=O)Cn1c(Cc2ccc(C#N)cc2)nc2cc(S(=O)(=O)c3ccccc3)ccc21. The number of sulfone groups is 1. The topological polar surface area (TPSA) is 131 Å². The van der Waals surface area contributed by atoms with Gasteiger partial charge in [-0.2, -0.15) is 5.26 Å². The molecule has 3 aromatic carbocycles. The van der Waals surface area contributed by atoms with Crippen molar-refractivity contribution in [3.63, 3.8) is 0 Å². The fourth-order valence-corrected chi connectivity index (χ4v) is 5.14. The van der Waals surface area contributed by atoms with Crippen LogP contribution in [0.1, 0.15) is 23.9 Å². The first-order valence-corrected chi connectivity index (χ1v) is 13.0. The second-order valence-corrected chi connectivity index (χ2v) is 10.1. The Hall–Kier alpha value is -4.49. The standard InChI is InChI=1S/C27H24N4O5S/c1-2-36-27(33)17-29-26(32)18-31-24-13-12-22(37(34,35)21-6-4-3-5-7-21)15-23(24)30-25(31)14-19-8-10-20(16-28)11-9-19/h3-13,15H,2,14,17-18H2,1H3,(H,29,32). The molecule has 4 rings (SSSR count). The first-order chi connectivity index (χ1) is 17.8. The van der Waals surface area contributed by atoms with Gasteiger partial charge in [-0.15, -0.1) is 0 Å². The molecule has 1 heterocycles. The van der Waals surface area contributed by atoms with Gasteiger partial charge in [0.2, 0.25) is 15.7 Å². The van der Waals surface area contributed by atoms with Gasteiger partial charge in [-0.25, -0.2) is 13.4 Å². The maximum absolute atomic E-state index is 13.1. The zero-order valence-corrected chi connectivity index (χ0v) is 20.9. The number of amides is 1. The van der Waals surface area contributed by atoms with Gasteiger partial charge in [0.05, 0.1) is 39.1 Å². The molecule has 0 aliphatic carbocycles. The Labute approximate surface area is 214 Å². The third-order valence-electron chi connectivity index (χ3n) is 5.64. The molecule has 0 spiro atoms. The smallest absolute Gasteiger partial charge is 0.325 e. The molecule has 0 fully saturated rings. The summed E-state index contributed by atoms with van der Waals surface area (Å²) in [7, 11) is -3.76. The van der Waals surface area contributed by atoms with Gasteiger partial charge < -0.3 is 14.6 Å². The van der Waals surface area contributed by atoms with Gasteiger partial charge in [0.1, 0.15) is 18.9 Å². The molecular formula is C27H24N4O5S. The quantitative estimate of drug-likeness (QED) is 0.338. The van der Waals surface area contributed by atoms with E-state index in [1.54, 1.807) is 60.0 Å². The molecule has 1 aromatic heterocycles. The number of esters is 1. The number of aromatic nitrogens is 2. The Balaban J connectivity index is 1.70. The first kappa shape index (κ1) is 25.6. The summed E-state index contributed by atoms with van der Waals surface area (Å²) in [6.07, 6.45) is 0.340. The Kier molecular flexibility index (Phi) is 7.65.